The number of rotatable bonds is 5. The highest BCUT2D eigenvalue weighted by Crippen LogP contribution is 2.37. The highest BCUT2D eigenvalue weighted by atomic mass is 16.3. The van der Waals surface area contributed by atoms with Gasteiger partial charge in [0.2, 0.25) is 0 Å². The van der Waals surface area contributed by atoms with Crippen molar-refractivity contribution in [2.75, 3.05) is 13.7 Å². The van der Waals surface area contributed by atoms with Crippen molar-refractivity contribution >= 4 is 22.9 Å². The number of benzene rings is 1. The number of nitrogens with zero attached hydrogens (tertiary/aromatic N) is 2. The van der Waals surface area contributed by atoms with Crippen molar-refractivity contribution in [3.05, 3.63) is 52.2 Å². The smallest absolute Gasteiger partial charge is 0.148 e. The molecular formula is C21H24N2O4. The summed E-state index contributed by atoms with van der Waals surface area (Å²) in [4.78, 5) is 18.1. The topological polar surface area (TPSA) is 93.9 Å². The van der Waals surface area contributed by atoms with Gasteiger partial charge in [-0.15, -0.1) is 0 Å². The number of hydrogen-bond acceptors (Lipinski definition) is 6. The van der Waals surface area contributed by atoms with E-state index in [1.54, 1.807) is 31.2 Å². The summed E-state index contributed by atoms with van der Waals surface area (Å²) in [5.41, 5.74) is 5.11. The van der Waals surface area contributed by atoms with Gasteiger partial charge in [0.25, 0.3) is 0 Å². The van der Waals surface area contributed by atoms with Gasteiger partial charge in [-0.1, -0.05) is 6.92 Å². The van der Waals surface area contributed by atoms with Gasteiger partial charge in [-0.2, -0.15) is 0 Å². The van der Waals surface area contributed by atoms with Gasteiger partial charge in [0.05, 0.1) is 29.6 Å². The molecule has 0 radical (unpaired) electrons. The SMILES string of the molecule is CCc1c2c(nc3ccc(O)cc13)/C(=C/C(=C(\C=O)CO)C(C)O)N(C)C2. The summed E-state index contributed by atoms with van der Waals surface area (Å²) in [5.74, 6) is 0.207. The molecule has 27 heavy (non-hydrogen) atoms. The van der Waals surface area contributed by atoms with E-state index in [-0.39, 0.29) is 11.3 Å². The van der Waals surface area contributed by atoms with E-state index in [0.717, 1.165) is 39.8 Å². The number of aromatic nitrogens is 1. The molecule has 0 saturated heterocycles. The molecule has 1 aromatic carbocycles. The van der Waals surface area contributed by atoms with Crippen LogP contribution in [0.25, 0.3) is 16.6 Å². The number of aromatic hydroxyl groups is 1. The molecule has 1 atom stereocenters. The fourth-order valence-electron chi connectivity index (χ4n) is 3.65. The maximum atomic E-state index is 11.3. The van der Waals surface area contributed by atoms with Crippen molar-refractivity contribution in [1.82, 2.24) is 9.88 Å². The number of phenolic OH excluding ortho intramolecular Hbond substituents is 1. The molecule has 6 heteroatoms. The van der Waals surface area contributed by atoms with Crippen molar-refractivity contribution < 1.29 is 20.1 Å². The van der Waals surface area contributed by atoms with Gasteiger partial charge >= 0.3 is 0 Å². The van der Waals surface area contributed by atoms with Crippen molar-refractivity contribution in [1.29, 1.82) is 0 Å². The minimum absolute atomic E-state index is 0.153. The zero-order chi connectivity index (χ0) is 19.7. The average molecular weight is 368 g/mol. The summed E-state index contributed by atoms with van der Waals surface area (Å²) in [6, 6.07) is 5.14. The fourth-order valence-corrected chi connectivity index (χ4v) is 3.65. The van der Waals surface area contributed by atoms with Crippen LogP contribution in [-0.2, 0) is 17.8 Å². The first-order valence-electron chi connectivity index (χ1n) is 8.96. The van der Waals surface area contributed by atoms with Crippen LogP contribution >= 0.6 is 0 Å². The third kappa shape index (κ3) is 3.34. The molecule has 6 nitrogen and oxygen atoms in total. The zero-order valence-corrected chi connectivity index (χ0v) is 15.7. The number of aryl methyl sites for hydroxylation is 1. The molecule has 3 N–H and O–H groups in total. The molecule has 1 aromatic heterocycles. The van der Waals surface area contributed by atoms with Gasteiger partial charge in [0.15, 0.2) is 0 Å². The van der Waals surface area contributed by atoms with E-state index in [1.807, 2.05) is 11.9 Å². The number of carbonyl (C=O) groups is 1. The van der Waals surface area contributed by atoms with E-state index in [1.165, 1.54) is 0 Å². The standard InChI is InChI=1S/C21H24N2O4/c1-4-15-17-7-14(27)5-6-19(17)22-21-18(15)9-23(3)20(21)8-16(12(2)26)13(10-24)11-25/h5-8,10,12,25-27H,4,9,11H2,1-3H3/b16-13-,20-8-. The maximum Gasteiger partial charge on any atom is 0.148 e. The maximum absolute atomic E-state index is 11.3. The Balaban J connectivity index is 2.28. The first-order chi connectivity index (χ1) is 12.9. The van der Waals surface area contributed by atoms with Gasteiger partial charge in [-0.05, 0) is 48.8 Å². The van der Waals surface area contributed by atoms with Crippen LogP contribution in [0.3, 0.4) is 0 Å². The molecule has 2 aromatic rings. The van der Waals surface area contributed by atoms with Crippen LogP contribution in [0.15, 0.2) is 35.4 Å². The lowest BCUT2D eigenvalue weighted by atomic mass is 9.97. The summed E-state index contributed by atoms with van der Waals surface area (Å²) in [5, 5.41) is 30.3. The Morgan fingerprint density at radius 2 is 2.15 bits per heavy atom. The molecule has 1 aliphatic rings. The minimum Gasteiger partial charge on any atom is -0.508 e. The molecule has 142 valence electrons. The van der Waals surface area contributed by atoms with E-state index >= 15 is 0 Å². The van der Waals surface area contributed by atoms with Crippen molar-refractivity contribution in [3.63, 3.8) is 0 Å². The van der Waals surface area contributed by atoms with Gasteiger partial charge in [0, 0.05) is 30.1 Å². The van der Waals surface area contributed by atoms with Crippen molar-refractivity contribution in [3.8, 4) is 5.75 Å². The Labute approximate surface area is 158 Å². The Morgan fingerprint density at radius 3 is 2.74 bits per heavy atom. The quantitative estimate of drug-likeness (QED) is 0.553. The van der Waals surface area contributed by atoms with Crippen LogP contribution < -0.4 is 0 Å². The highest BCUT2D eigenvalue weighted by Gasteiger charge is 2.27. The molecule has 0 aliphatic carbocycles. The predicted molar refractivity (Wildman–Crippen MR) is 104 cm³/mol. The molecule has 0 fully saturated rings. The fraction of sp³-hybridized carbons (Fsp3) is 0.333. The number of hydrogen-bond donors (Lipinski definition) is 3. The molecule has 2 heterocycles. The molecule has 3 rings (SSSR count). The second kappa shape index (κ2) is 7.50. The molecule has 1 unspecified atom stereocenters. The van der Waals surface area contributed by atoms with Crippen LogP contribution in [0.1, 0.15) is 30.7 Å². The second-order valence-electron chi connectivity index (χ2n) is 6.79. The first kappa shape index (κ1) is 19.1. The Bertz CT molecular complexity index is 960. The summed E-state index contributed by atoms with van der Waals surface area (Å²) in [6.45, 7) is 3.84. The lowest BCUT2D eigenvalue weighted by Gasteiger charge is -2.16. The third-order valence-electron chi connectivity index (χ3n) is 5.02. The van der Waals surface area contributed by atoms with E-state index in [9.17, 15) is 20.1 Å². The number of fused-ring (bicyclic) bond motifs is 2. The monoisotopic (exact) mass is 368 g/mol. The molecule has 0 amide bonds. The first-order valence-corrected chi connectivity index (χ1v) is 8.96. The molecular weight excluding hydrogens is 344 g/mol. The van der Waals surface area contributed by atoms with Crippen LogP contribution in [0.2, 0.25) is 0 Å². The highest BCUT2D eigenvalue weighted by molar-refractivity contribution is 5.89. The lowest BCUT2D eigenvalue weighted by molar-refractivity contribution is -0.105. The molecule has 0 saturated carbocycles. The largest absolute Gasteiger partial charge is 0.508 e. The second-order valence-corrected chi connectivity index (χ2v) is 6.79. The van der Waals surface area contributed by atoms with E-state index in [4.69, 9.17) is 4.98 Å². The predicted octanol–water partition coefficient (Wildman–Crippen LogP) is 2.16. The van der Waals surface area contributed by atoms with Crippen LogP contribution in [0.4, 0.5) is 0 Å². The molecule has 1 aliphatic heterocycles. The average Bonchev–Trinajstić information content (AvgIpc) is 2.94. The van der Waals surface area contributed by atoms with Crippen LogP contribution in [-0.4, -0.2) is 51.2 Å². The molecule has 0 bridgehead atoms. The Kier molecular flexibility index (Phi) is 5.30. The number of aldehydes is 1. The van der Waals surface area contributed by atoms with Gasteiger partial charge in [-0.3, -0.25) is 4.79 Å². The minimum atomic E-state index is -0.898. The normalized spacial score (nSPS) is 17.2. The number of pyridine rings is 1. The number of aliphatic hydroxyl groups excluding tert-OH is 2. The third-order valence-corrected chi connectivity index (χ3v) is 5.02. The van der Waals surface area contributed by atoms with Crippen LogP contribution in [0.5, 0.6) is 5.75 Å². The van der Waals surface area contributed by atoms with E-state index in [0.29, 0.717) is 18.4 Å². The van der Waals surface area contributed by atoms with E-state index < -0.39 is 12.7 Å². The lowest BCUT2D eigenvalue weighted by Crippen LogP contribution is -2.13. The summed E-state index contributed by atoms with van der Waals surface area (Å²) in [7, 11) is 1.92. The van der Waals surface area contributed by atoms with E-state index in [2.05, 4.69) is 6.92 Å². The molecule has 0 spiro atoms. The number of carbonyl (C=O) groups excluding carboxylic acids is 1. The number of phenols is 1. The summed E-state index contributed by atoms with van der Waals surface area (Å²) < 4.78 is 0. The van der Waals surface area contributed by atoms with Gasteiger partial charge in [0.1, 0.15) is 12.0 Å². The van der Waals surface area contributed by atoms with Gasteiger partial charge < -0.3 is 20.2 Å². The number of aliphatic hydroxyl groups is 2. The summed E-state index contributed by atoms with van der Waals surface area (Å²) >= 11 is 0. The Morgan fingerprint density at radius 1 is 1.41 bits per heavy atom. The zero-order valence-electron chi connectivity index (χ0n) is 15.7. The van der Waals surface area contributed by atoms with Crippen molar-refractivity contribution in [2.24, 2.45) is 0 Å². The summed E-state index contributed by atoms with van der Waals surface area (Å²) in [6.07, 6.45) is 2.20. The Hall–Kier alpha value is -2.70. The van der Waals surface area contributed by atoms with Gasteiger partial charge in [-0.25, -0.2) is 4.98 Å². The van der Waals surface area contributed by atoms with Crippen molar-refractivity contribution in [2.45, 2.75) is 32.9 Å². The van der Waals surface area contributed by atoms with Crippen LogP contribution in [0, 0.1) is 0 Å².